The van der Waals surface area contributed by atoms with Gasteiger partial charge in [-0.2, -0.15) is 0 Å². The summed E-state index contributed by atoms with van der Waals surface area (Å²) in [6.07, 6.45) is 1.26. The minimum atomic E-state index is -3.84. The smallest absolute Gasteiger partial charge is 0.352 e. The molecule has 0 fully saturated rings. The summed E-state index contributed by atoms with van der Waals surface area (Å²) in [5.41, 5.74) is 1.20. The Morgan fingerprint density at radius 2 is 1.95 bits per heavy atom. The number of carboxylic acids is 1. The van der Waals surface area contributed by atoms with Gasteiger partial charge in [0.1, 0.15) is 10.6 Å². The first-order valence-corrected chi connectivity index (χ1v) is 8.16. The summed E-state index contributed by atoms with van der Waals surface area (Å²) in [5, 5.41) is 8.96. The molecule has 0 aliphatic carbocycles. The molecule has 2 N–H and O–H groups in total. The van der Waals surface area contributed by atoms with Gasteiger partial charge in [-0.25, -0.2) is 13.2 Å². The molecule has 0 bridgehead atoms. The fraction of sp³-hybridized carbons (Fsp3) is 0.154. The summed E-state index contributed by atoms with van der Waals surface area (Å²) in [4.78, 5) is 10.9. The highest BCUT2D eigenvalue weighted by molar-refractivity contribution is 9.10. The first-order valence-electron chi connectivity index (χ1n) is 5.89. The summed E-state index contributed by atoms with van der Waals surface area (Å²) >= 11 is 3.29. The van der Waals surface area contributed by atoms with Crippen LogP contribution in [-0.4, -0.2) is 24.1 Å². The topological polar surface area (TPSA) is 88.4 Å². The van der Waals surface area contributed by atoms with E-state index in [1.165, 1.54) is 17.8 Å². The molecule has 1 aromatic carbocycles. The normalized spacial score (nSPS) is 11.4. The second-order valence-corrected chi connectivity index (χ2v) is 7.20. The van der Waals surface area contributed by atoms with Crippen LogP contribution >= 0.6 is 15.9 Å². The minimum absolute atomic E-state index is 0.0965. The van der Waals surface area contributed by atoms with Crippen LogP contribution < -0.4 is 4.72 Å². The molecule has 0 aliphatic rings. The van der Waals surface area contributed by atoms with E-state index < -0.39 is 16.0 Å². The number of sulfonamides is 1. The lowest BCUT2D eigenvalue weighted by Gasteiger charge is -2.08. The van der Waals surface area contributed by atoms with Crippen LogP contribution in [0.15, 0.2) is 39.8 Å². The molecule has 2 rings (SSSR count). The lowest BCUT2D eigenvalue weighted by atomic mass is 10.2. The number of halogens is 1. The first kappa shape index (κ1) is 15.6. The fourth-order valence-corrected chi connectivity index (χ4v) is 3.62. The quantitative estimate of drug-likeness (QED) is 0.862. The Morgan fingerprint density at radius 1 is 1.29 bits per heavy atom. The number of aromatic carboxylic acids is 1. The summed E-state index contributed by atoms with van der Waals surface area (Å²) < 4.78 is 29.0. The second-order valence-electron chi connectivity index (χ2n) is 4.60. The maximum absolute atomic E-state index is 12.3. The Hall–Kier alpha value is -1.80. The van der Waals surface area contributed by atoms with Gasteiger partial charge in [0.25, 0.3) is 10.0 Å². The van der Waals surface area contributed by atoms with E-state index in [1.54, 1.807) is 12.1 Å². The number of rotatable bonds is 4. The van der Waals surface area contributed by atoms with Crippen molar-refractivity contribution in [2.24, 2.45) is 7.05 Å². The van der Waals surface area contributed by atoms with Crippen LogP contribution in [0.25, 0.3) is 0 Å². The van der Waals surface area contributed by atoms with Crippen LogP contribution in [-0.2, 0) is 17.1 Å². The van der Waals surface area contributed by atoms with Crippen LogP contribution in [0.5, 0.6) is 0 Å². The Labute approximate surface area is 130 Å². The third-order valence-electron chi connectivity index (χ3n) is 2.80. The number of hydrogen-bond donors (Lipinski definition) is 2. The highest BCUT2D eigenvalue weighted by Crippen LogP contribution is 2.23. The molecule has 0 atom stereocenters. The average Bonchev–Trinajstić information content (AvgIpc) is 2.70. The molecular weight excluding hydrogens is 360 g/mol. The van der Waals surface area contributed by atoms with E-state index in [2.05, 4.69) is 20.7 Å². The van der Waals surface area contributed by atoms with Gasteiger partial charge >= 0.3 is 5.97 Å². The SMILES string of the molecule is Cc1cc(Br)cc(NS(=O)(=O)c2cc(C(=O)O)n(C)c2)c1. The monoisotopic (exact) mass is 372 g/mol. The molecule has 0 radical (unpaired) electrons. The molecule has 1 aromatic heterocycles. The summed E-state index contributed by atoms with van der Waals surface area (Å²) in [6.45, 7) is 1.84. The molecule has 0 saturated carbocycles. The molecule has 0 aliphatic heterocycles. The van der Waals surface area contributed by atoms with E-state index in [1.807, 2.05) is 13.0 Å². The first-order chi connectivity index (χ1) is 9.69. The van der Waals surface area contributed by atoms with E-state index in [4.69, 9.17) is 5.11 Å². The molecule has 0 unspecified atom stereocenters. The molecule has 0 amide bonds. The number of benzene rings is 1. The fourth-order valence-electron chi connectivity index (χ4n) is 1.90. The summed E-state index contributed by atoms with van der Waals surface area (Å²) in [7, 11) is -2.36. The van der Waals surface area contributed by atoms with E-state index >= 15 is 0 Å². The third-order valence-corrected chi connectivity index (χ3v) is 4.61. The zero-order valence-corrected chi connectivity index (χ0v) is 13.7. The zero-order chi connectivity index (χ0) is 15.8. The average molecular weight is 373 g/mol. The molecule has 0 saturated heterocycles. The molecular formula is C13H13BrN2O4S. The predicted octanol–water partition coefficient (Wildman–Crippen LogP) is 2.60. The van der Waals surface area contributed by atoms with Crippen molar-refractivity contribution in [2.75, 3.05) is 4.72 Å². The third kappa shape index (κ3) is 3.45. The summed E-state index contributed by atoms with van der Waals surface area (Å²) in [6, 6.07) is 6.29. The van der Waals surface area contributed by atoms with E-state index in [9.17, 15) is 13.2 Å². The number of nitrogens with zero attached hydrogens (tertiary/aromatic N) is 1. The summed E-state index contributed by atoms with van der Waals surface area (Å²) in [5.74, 6) is -1.18. The standard InChI is InChI=1S/C13H13BrN2O4S/c1-8-3-9(14)5-10(4-8)15-21(19,20)11-6-12(13(17)18)16(2)7-11/h3-7,15H,1-2H3,(H,17,18). The van der Waals surface area contributed by atoms with Crippen molar-refractivity contribution in [3.05, 3.63) is 46.2 Å². The van der Waals surface area contributed by atoms with Gasteiger partial charge in [-0.3, -0.25) is 4.72 Å². The highest BCUT2D eigenvalue weighted by atomic mass is 79.9. The molecule has 2 aromatic rings. The van der Waals surface area contributed by atoms with Crippen LogP contribution in [0.2, 0.25) is 0 Å². The lowest BCUT2D eigenvalue weighted by molar-refractivity contribution is 0.0686. The molecule has 8 heteroatoms. The molecule has 6 nitrogen and oxygen atoms in total. The van der Waals surface area contributed by atoms with Crippen LogP contribution in [0, 0.1) is 6.92 Å². The van der Waals surface area contributed by atoms with Crippen LogP contribution in [0.3, 0.4) is 0 Å². The van der Waals surface area contributed by atoms with Gasteiger partial charge in [0, 0.05) is 17.7 Å². The highest BCUT2D eigenvalue weighted by Gasteiger charge is 2.20. The van der Waals surface area contributed by atoms with Gasteiger partial charge in [0.15, 0.2) is 0 Å². The zero-order valence-electron chi connectivity index (χ0n) is 11.3. The van der Waals surface area contributed by atoms with Gasteiger partial charge in [-0.1, -0.05) is 15.9 Å². The molecule has 1 heterocycles. The van der Waals surface area contributed by atoms with Crippen molar-refractivity contribution < 1.29 is 18.3 Å². The van der Waals surface area contributed by atoms with E-state index in [0.29, 0.717) is 5.69 Å². The molecule has 21 heavy (non-hydrogen) atoms. The van der Waals surface area contributed by atoms with Crippen LogP contribution in [0.4, 0.5) is 5.69 Å². The number of aromatic nitrogens is 1. The number of aryl methyl sites for hydroxylation is 2. The second kappa shape index (κ2) is 5.53. The largest absolute Gasteiger partial charge is 0.477 e. The van der Waals surface area contributed by atoms with Crippen LogP contribution in [0.1, 0.15) is 16.1 Å². The van der Waals surface area contributed by atoms with E-state index in [-0.39, 0.29) is 10.6 Å². The number of anilines is 1. The van der Waals surface area contributed by atoms with Crippen molar-refractivity contribution in [1.29, 1.82) is 0 Å². The van der Waals surface area contributed by atoms with Gasteiger partial charge in [-0.05, 0) is 36.8 Å². The van der Waals surface area contributed by atoms with Crippen molar-refractivity contribution >= 4 is 37.6 Å². The van der Waals surface area contributed by atoms with Gasteiger partial charge < -0.3 is 9.67 Å². The Morgan fingerprint density at radius 3 is 2.48 bits per heavy atom. The lowest BCUT2D eigenvalue weighted by Crippen LogP contribution is -2.12. The van der Waals surface area contributed by atoms with Crippen molar-refractivity contribution in [1.82, 2.24) is 4.57 Å². The van der Waals surface area contributed by atoms with Gasteiger partial charge in [0.05, 0.1) is 5.69 Å². The van der Waals surface area contributed by atoms with Crippen molar-refractivity contribution in [3.63, 3.8) is 0 Å². The molecule has 112 valence electrons. The number of carboxylic acid groups (broad SMARTS) is 1. The van der Waals surface area contributed by atoms with E-state index in [0.717, 1.165) is 16.1 Å². The predicted molar refractivity (Wildman–Crippen MR) is 82.1 cm³/mol. The minimum Gasteiger partial charge on any atom is -0.477 e. The Bertz CT molecular complexity index is 791. The number of hydrogen-bond acceptors (Lipinski definition) is 3. The Balaban J connectivity index is 2.38. The Kier molecular flexibility index (Phi) is 4.11. The number of carbonyl (C=O) groups is 1. The maximum Gasteiger partial charge on any atom is 0.352 e. The van der Waals surface area contributed by atoms with Crippen molar-refractivity contribution in [3.8, 4) is 0 Å². The van der Waals surface area contributed by atoms with Gasteiger partial charge in [0.2, 0.25) is 0 Å². The number of nitrogens with one attached hydrogen (secondary N) is 1. The maximum atomic E-state index is 12.3. The van der Waals surface area contributed by atoms with Crippen molar-refractivity contribution in [2.45, 2.75) is 11.8 Å². The van der Waals surface area contributed by atoms with Gasteiger partial charge in [-0.15, -0.1) is 0 Å². The molecule has 0 spiro atoms.